The summed E-state index contributed by atoms with van der Waals surface area (Å²) in [6.45, 7) is 0.451. The fraction of sp³-hybridized carbons (Fsp3) is 0.286. The van der Waals surface area contributed by atoms with Gasteiger partial charge in [-0.3, -0.25) is 4.79 Å². The van der Waals surface area contributed by atoms with Crippen molar-refractivity contribution in [2.24, 2.45) is 0 Å². The molecular formula is C21H18F3N3O4. The molecule has 1 saturated heterocycles. The van der Waals surface area contributed by atoms with E-state index in [4.69, 9.17) is 9.47 Å². The van der Waals surface area contributed by atoms with E-state index in [0.717, 1.165) is 12.1 Å². The second kappa shape index (κ2) is 8.12. The number of pyridine rings is 2. The minimum absolute atomic E-state index is 0.0207. The number of ether oxygens (including phenoxy) is 2. The van der Waals surface area contributed by atoms with Crippen molar-refractivity contribution in [2.45, 2.75) is 18.4 Å². The first-order valence-corrected chi connectivity index (χ1v) is 9.36. The second-order valence-corrected chi connectivity index (χ2v) is 7.09. The van der Waals surface area contributed by atoms with Crippen LogP contribution in [0.1, 0.15) is 16.1 Å². The van der Waals surface area contributed by atoms with E-state index in [0.29, 0.717) is 22.8 Å². The lowest BCUT2D eigenvalue weighted by atomic mass is 10.2. The summed E-state index contributed by atoms with van der Waals surface area (Å²) in [5.74, 6) is 0.0772. The van der Waals surface area contributed by atoms with Crippen LogP contribution < -0.4 is 4.74 Å². The van der Waals surface area contributed by atoms with Crippen molar-refractivity contribution in [3.8, 4) is 11.6 Å². The molecule has 1 aliphatic heterocycles. The number of aromatic nitrogens is 2. The Labute approximate surface area is 175 Å². The van der Waals surface area contributed by atoms with Crippen LogP contribution >= 0.6 is 0 Å². The van der Waals surface area contributed by atoms with Gasteiger partial charge in [-0.2, -0.15) is 13.2 Å². The van der Waals surface area contributed by atoms with Gasteiger partial charge in [-0.1, -0.05) is 6.07 Å². The molecule has 3 aromatic rings. The molecule has 1 amide bonds. The number of rotatable bonds is 4. The minimum atomic E-state index is -4.47. The van der Waals surface area contributed by atoms with E-state index in [1.807, 2.05) is 0 Å². The molecular weight excluding hydrogens is 415 g/mol. The normalized spacial score (nSPS) is 19.1. The van der Waals surface area contributed by atoms with Crippen LogP contribution in [-0.2, 0) is 10.9 Å². The number of alkyl halides is 3. The average Bonchev–Trinajstić information content (AvgIpc) is 3.13. The predicted molar refractivity (Wildman–Crippen MR) is 104 cm³/mol. The molecule has 1 aliphatic rings. The molecule has 4 rings (SSSR count). The molecule has 162 valence electrons. The van der Waals surface area contributed by atoms with Crippen molar-refractivity contribution in [1.82, 2.24) is 14.9 Å². The quantitative estimate of drug-likeness (QED) is 0.680. The number of halogens is 3. The van der Waals surface area contributed by atoms with Crippen LogP contribution in [0.15, 0.2) is 48.7 Å². The number of benzene rings is 1. The highest BCUT2D eigenvalue weighted by Gasteiger charge is 2.35. The Morgan fingerprint density at radius 1 is 1.16 bits per heavy atom. The van der Waals surface area contributed by atoms with Crippen LogP contribution in [0.25, 0.3) is 10.9 Å². The molecule has 1 fully saturated rings. The highest BCUT2D eigenvalue weighted by atomic mass is 19.4. The summed E-state index contributed by atoms with van der Waals surface area (Å²) in [5.41, 5.74) is -0.0850. The molecule has 0 radical (unpaired) electrons. The van der Waals surface area contributed by atoms with Crippen LogP contribution in [0.2, 0.25) is 0 Å². The van der Waals surface area contributed by atoms with E-state index < -0.39 is 23.9 Å². The van der Waals surface area contributed by atoms with Crippen LogP contribution in [-0.4, -0.2) is 58.3 Å². The highest BCUT2D eigenvalue weighted by molar-refractivity contribution is 5.95. The van der Waals surface area contributed by atoms with Crippen molar-refractivity contribution in [3.05, 3.63) is 59.9 Å². The Balaban J connectivity index is 1.50. The van der Waals surface area contributed by atoms with Crippen molar-refractivity contribution in [1.29, 1.82) is 0 Å². The van der Waals surface area contributed by atoms with E-state index in [-0.39, 0.29) is 30.6 Å². The van der Waals surface area contributed by atoms with Crippen molar-refractivity contribution in [2.75, 3.05) is 20.2 Å². The summed E-state index contributed by atoms with van der Waals surface area (Å²) in [5, 5.41) is 10.6. The van der Waals surface area contributed by atoms with Gasteiger partial charge in [0.15, 0.2) is 0 Å². The van der Waals surface area contributed by atoms with Gasteiger partial charge < -0.3 is 19.5 Å². The fourth-order valence-corrected chi connectivity index (χ4v) is 3.33. The van der Waals surface area contributed by atoms with Gasteiger partial charge >= 0.3 is 6.18 Å². The number of carbonyl (C=O) groups is 1. The van der Waals surface area contributed by atoms with Crippen LogP contribution in [0.3, 0.4) is 0 Å². The number of nitrogens with zero attached hydrogens (tertiary/aromatic N) is 3. The number of aliphatic hydroxyl groups is 1. The van der Waals surface area contributed by atoms with Gasteiger partial charge in [0.1, 0.15) is 17.5 Å². The zero-order valence-corrected chi connectivity index (χ0v) is 16.3. The first-order valence-electron chi connectivity index (χ1n) is 9.36. The molecule has 2 unspecified atom stereocenters. The van der Waals surface area contributed by atoms with Crippen molar-refractivity contribution >= 4 is 16.8 Å². The van der Waals surface area contributed by atoms with E-state index in [1.165, 1.54) is 12.0 Å². The number of carbonyl (C=O) groups excluding carboxylic acids is 1. The van der Waals surface area contributed by atoms with E-state index in [1.54, 1.807) is 30.3 Å². The lowest BCUT2D eigenvalue weighted by Gasteiger charge is -2.15. The fourth-order valence-electron chi connectivity index (χ4n) is 3.33. The third-order valence-corrected chi connectivity index (χ3v) is 4.99. The summed E-state index contributed by atoms with van der Waals surface area (Å²) in [4.78, 5) is 22.2. The Hall–Kier alpha value is -3.24. The Morgan fingerprint density at radius 2 is 1.97 bits per heavy atom. The number of hydrogen-bond donors (Lipinski definition) is 1. The summed E-state index contributed by atoms with van der Waals surface area (Å²) >= 11 is 0. The number of fused-ring (bicyclic) bond motifs is 1. The lowest BCUT2D eigenvalue weighted by Crippen LogP contribution is -2.30. The molecule has 0 spiro atoms. The number of amides is 1. The lowest BCUT2D eigenvalue weighted by molar-refractivity contribution is -0.137. The number of hydrogen-bond acceptors (Lipinski definition) is 6. The molecule has 0 saturated carbocycles. The molecule has 0 bridgehead atoms. The third-order valence-electron chi connectivity index (χ3n) is 4.99. The molecule has 31 heavy (non-hydrogen) atoms. The summed E-state index contributed by atoms with van der Waals surface area (Å²) in [7, 11) is 1.48. The minimum Gasteiger partial charge on any atom is -0.439 e. The second-order valence-electron chi connectivity index (χ2n) is 7.09. The monoisotopic (exact) mass is 433 g/mol. The van der Waals surface area contributed by atoms with E-state index in [2.05, 4.69) is 9.97 Å². The summed E-state index contributed by atoms with van der Waals surface area (Å²) in [6.07, 6.45) is -4.93. The Kier molecular flexibility index (Phi) is 5.50. The van der Waals surface area contributed by atoms with E-state index in [9.17, 15) is 23.1 Å². The SMILES string of the molecule is COC1CN(C(=O)c2ccc3cc(Oc4ccc(C(F)(F)F)cn4)ccc3n2)CC1O. The van der Waals surface area contributed by atoms with Crippen LogP contribution in [0, 0.1) is 0 Å². The molecule has 1 N–H and O–H groups in total. The molecule has 7 nitrogen and oxygen atoms in total. The van der Waals surface area contributed by atoms with Gasteiger partial charge in [0.2, 0.25) is 5.88 Å². The highest BCUT2D eigenvalue weighted by Crippen LogP contribution is 2.30. The van der Waals surface area contributed by atoms with Gasteiger partial charge in [-0.05, 0) is 30.3 Å². The number of methoxy groups -OCH3 is 1. The third kappa shape index (κ3) is 4.44. The summed E-state index contributed by atoms with van der Waals surface area (Å²) in [6, 6.07) is 10.2. The van der Waals surface area contributed by atoms with Crippen molar-refractivity contribution in [3.63, 3.8) is 0 Å². The average molecular weight is 433 g/mol. The zero-order valence-electron chi connectivity index (χ0n) is 16.3. The maximum atomic E-state index is 12.7. The van der Waals surface area contributed by atoms with Crippen molar-refractivity contribution < 1.29 is 32.5 Å². The molecule has 2 aromatic heterocycles. The smallest absolute Gasteiger partial charge is 0.417 e. The maximum Gasteiger partial charge on any atom is 0.417 e. The molecule has 10 heteroatoms. The van der Waals surface area contributed by atoms with Crippen LogP contribution in [0.4, 0.5) is 13.2 Å². The molecule has 2 atom stereocenters. The van der Waals surface area contributed by atoms with Gasteiger partial charge in [0, 0.05) is 37.8 Å². The van der Waals surface area contributed by atoms with Gasteiger partial charge in [-0.25, -0.2) is 9.97 Å². The molecule has 3 heterocycles. The van der Waals surface area contributed by atoms with Gasteiger partial charge in [0.25, 0.3) is 5.91 Å². The van der Waals surface area contributed by atoms with E-state index >= 15 is 0 Å². The maximum absolute atomic E-state index is 12.7. The predicted octanol–water partition coefficient (Wildman–Crippen LogP) is 3.27. The summed E-state index contributed by atoms with van der Waals surface area (Å²) < 4.78 is 48.6. The Morgan fingerprint density at radius 3 is 2.61 bits per heavy atom. The standard InChI is InChI=1S/C21H18F3N3O4/c1-30-18-11-27(10-17(18)28)20(29)16-5-2-12-8-14(4-6-15(12)26-16)31-19-7-3-13(9-25-19)21(22,23)24/h2-9,17-18,28H,10-11H2,1H3. The zero-order chi connectivity index (χ0) is 22.2. The number of aliphatic hydroxyl groups excluding tert-OH is 1. The number of likely N-dealkylation sites (tertiary alicyclic amines) is 1. The largest absolute Gasteiger partial charge is 0.439 e. The topological polar surface area (TPSA) is 84.8 Å². The molecule has 1 aromatic carbocycles. The van der Waals surface area contributed by atoms with Gasteiger partial charge in [0.05, 0.1) is 17.2 Å². The van der Waals surface area contributed by atoms with Crippen LogP contribution in [0.5, 0.6) is 11.6 Å². The first kappa shape index (κ1) is 21.0. The number of β-amino-alcohol motifs (C(OH)–C–C–N with tert-alkyl or cyclic N) is 1. The Bertz CT molecular complexity index is 1110. The molecule has 0 aliphatic carbocycles. The first-order chi connectivity index (χ1) is 14.7. The van der Waals surface area contributed by atoms with Gasteiger partial charge in [-0.15, -0.1) is 0 Å².